The normalized spacial score (nSPS) is 10.4. The van der Waals surface area contributed by atoms with Crippen LogP contribution in [0, 0.1) is 5.82 Å². The van der Waals surface area contributed by atoms with E-state index in [-0.39, 0.29) is 16.3 Å². The summed E-state index contributed by atoms with van der Waals surface area (Å²) in [6.45, 7) is 0. The highest BCUT2D eigenvalue weighted by molar-refractivity contribution is 6.32. The molecule has 0 aliphatic rings. The number of hydrogen-bond donors (Lipinski definition) is 1. The van der Waals surface area contributed by atoms with E-state index >= 15 is 0 Å². The van der Waals surface area contributed by atoms with Gasteiger partial charge in [-0.25, -0.2) is 9.37 Å². The first-order chi connectivity index (χ1) is 8.50. The van der Waals surface area contributed by atoms with Gasteiger partial charge in [-0.3, -0.25) is 4.98 Å². The number of phenols is 1. The molecular weight excluding hydrogens is 257 g/mol. The predicted molar refractivity (Wildman–Crippen MR) is 68.4 cm³/mol. The maximum atomic E-state index is 13.9. The summed E-state index contributed by atoms with van der Waals surface area (Å²) < 4.78 is 13.9. The molecule has 0 aliphatic carbocycles. The first-order valence-electron chi connectivity index (χ1n) is 5.17. The highest BCUT2D eigenvalue weighted by Gasteiger charge is 2.16. The molecule has 2 rings (SSSR count). The Morgan fingerprint density at radius 2 is 1.89 bits per heavy atom. The summed E-state index contributed by atoms with van der Waals surface area (Å²) in [5.74, 6) is -0.369. The van der Waals surface area contributed by atoms with Crippen molar-refractivity contribution < 1.29 is 9.50 Å². The molecule has 18 heavy (non-hydrogen) atoms. The monoisotopic (exact) mass is 267 g/mol. The van der Waals surface area contributed by atoms with Gasteiger partial charge in [0.25, 0.3) is 0 Å². The van der Waals surface area contributed by atoms with Crippen molar-refractivity contribution in [3.05, 3.63) is 35.4 Å². The summed E-state index contributed by atoms with van der Waals surface area (Å²) in [6, 6.07) is 2.30. The molecule has 0 radical (unpaired) electrons. The fourth-order valence-corrected chi connectivity index (χ4v) is 1.73. The Morgan fingerprint density at radius 1 is 1.22 bits per heavy atom. The Morgan fingerprint density at radius 3 is 2.56 bits per heavy atom. The van der Waals surface area contributed by atoms with Crippen LogP contribution in [0.3, 0.4) is 0 Å². The van der Waals surface area contributed by atoms with Crippen LogP contribution in [0.15, 0.2) is 24.5 Å². The summed E-state index contributed by atoms with van der Waals surface area (Å²) in [5.41, 5.74) is 0.580. The minimum atomic E-state index is -0.597. The number of rotatable bonds is 2. The van der Waals surface area contributed by atoms with E-state index in [9.17, 15) is 9.50 Å². The van der Waals surface area contributed by atoms with E-state index in [1.165, 1.54) is 18.5 Å². The second kappa shape index (κ2) is 4.78. The molecular formula is C12H11ClFN3O. The molecule has 1 N–H and O–H groups in total. The van der Waals surface area contributed by atoms with Crippen molar-refractivity contribution in [2.24, 2.45) is 0 Å². The Labute approximate surface area is 109 Å². The summed E-state index contributed by atoms with van der Waals surface area (Å²) in [4.78, 5) is 9.98. The SMILES string of the molecule is CN(C)c1nccnc1-c1cc(Cl)c(O)cc1F. The average molecular weight is 268 g/mol. The third kappa shape index (κ3) is 2.22. The van der Waals surface area contributed by atoms with Crippen molar-refractivity contribution in [3.63, 3.8) is 0 Å². The van der Waals surface area contributed by atoms with Crippen LogP contribution in [-0.2, 0) is 0 Å². The van der Waals surface area contributed by atoms with E-state index in [4.69, 9.17) is 11.6 Å². The molecule has 0 bridgehead atoms. The lowest BCUT2D eigenvalue weighted by atomic mass is 10.1. The van der Waals surface area contributed by atoms with E-state index in [0.717, 1.165) is 6.07 Å². The molecule has 2 aromatic rings. The molecule has 0 atom stereocenters. The minimum absolute atomic E-state index is 0.0711. The van der Waals surface area contributed by atoms with E-state index in [1.54, 1.807) is 19.0 Å². The lowest BCUT2D eigenvalue weighted by Gasteiger charge is -2.15. The number of halogens is 2. The van der Waals surface area contributed by atoms with Gasteiger partial charge in [0, 0.05) is 38.1 Å². The van der Waals surface area contributed by atoms with Gasteiger partial charge in [-0.15, -0.1) is 0 Å². The summed E-state index contributed by atoms with van der Waals surface area (Å²) in [7, 11) is 3.57. The number of phenolic OH excluding ortho intramolecular Hbond substituents is 1. The molecule has 0 fully saturated rings. The van der Waals surface area contributed by atoms with E-state index in [2.05, 4.69) is 9.97 Å². The largest absolute Gasteiger partial charge is 0.506 e. The van der Waals surface area contributed by atoms with Crippen LogP contribution >= 0.6 is 11.6 Å². The second-order valence-corrected chi connectivity index (χ2v) is 4.31. The lowest BCUT2D eigenvalue weighted by Crippen LogP contribution is -2.12. The standard InChI is InChI=1S/C12H11ClFN3O/c1-17(2)12-11(15-3-4-16-12)7-5-8(13)10(18)6-9(7)14/h3-6,18H,1-2H3. The molecule has 0 unspecified atom stereocenters. The van der Waals surface area contributed by atoms with Gasteiger partial charge in [-0.1, -0.05) is 11.6 Å². The fourth-order valence-electron chi connectivity index (χ4n) is 1.57. The van der Waals surface area contributed by atoms with Crippen molar-refractivity contribution in [3.8, 4) is 17.0 Å². The Balaban J connectivity index is 2.66. The van der Waals surface area contributed by atoms with Gasteiger partial charge in [0.1, 0.15) is 17.3 Å². The highest BCUT2D eigenvalue weighted by Crippen LogP contribution is 2.34. The van der Waals surface area contributed by atoms with Gasteiger partial charge in [0.15, 0.2) is 5.82 Å². The Hall–Kier alpha value is -1.88. The third-order valence-corrected chi connectivity index (χ3v) is 2.70. The van der Waals surface area contributed by atoms with Crippen molar-refractivity contribution >= 4 is 17.4 Å². The zero-order valence-corrected chi connectivity index (χ0v) is 10.6. The molecule has 6 heteroatoms. The van der Waals surface area contributed by atoms with Gasteiger partial charge < -0.3 is 10.0 Å². The highest BCUT2D eigenvalue weighted by atomic mass is 35.5. The molecule has 4 nitrogen and oxygen atoms in total. The smallest absolute Gasteiger partial charge is 0.154 e. The summed E-state index contributed by atoms with van der Waals surface area (Å²) in [5, 5.41) is 9.40. The quantitative estimate of drug-likeness (QED) is 0.909. The van der Waals surface area contributed by atoms with Crippen molar-refractivity contribution in [2.75, 3.05) is 19.0 Å². The molecule has 0 saturated carbocycles. The second-order valence-electron chi connectivity index (χ2n) is 3.91. The minimum Gasteiger partial charge on any atom is -0.506 e. The van der Waals surface area contributed by atoms with Crippen LogP contribution in [0.4, 0.5) is 10.2 Å². The molecule has 94 valence electrons. The van der Waals surface area contributed by atoms with Crippen LogP contribution in [0.5, 0.6) is 5.75 Å². The molecule has 0 spiro atoms. The van der Waals surface area contributed by atoms with Crippen LogP contribution < -0.4 is 4.90 Å². The first kappa shape index (κ1) is 12.6. The summed E-state index contributed by atoms with van der Waals surface area (Å²) >= 11 is 5.79. The van der Waals surface area contributed by atoms with Gasteiger partial charge in [0.05, 0.1) is 5.02 Å². The number of benzene rings is 1. The van der Waals surface area contributed by atoms with E-state index < -0.39 is 5.82 Å². The predicted octanol–water partition coefficient (Wildman–Crippen LogP) is 2.71. The van der Waals surface area contributed by atoms with Crippen molar-refractivity contribution in [1.82, 2.24) is 9.97 Å². The first-order valence-corrected chi connectivity index (χ1v) is 5.55. The molecule has 0 saturated heterocycles. The number of hydrogen-bond acceptors (Lipinski definition) is 4. The maximum Gasteiger partial charge on any atom is 0.154 e. The topological polar surface area (TPSA) is 49.2 Å². The van der Waals surface area contributed by atoms with Gasteiger partial charge in [-0.05, 0) is 6.07 Å². The molecule has 1 aromatic heterocycles. The number of aromatic hydroxyl groups is 1. The van der Waals surface area contributed by atoms with E-state index in [1.807, 2.05) is 0 Å². The van der Waals surface area contributed by atoms with Crippen LogP contribution in [0.2, 0.25) is 5.02 Å². The zero-order valence-electron chi connectivity index (χ0n) is 9.85. The zero-order chi connectivity index (χ0) is 13.3. The molecule has 0 amide bonds. The van der Waals surface area contributed by atoms with Crippen LogP contribution in [0.25, 0.3) is 11.3 Å². The lowest BCUT2D eigenvalue weighted by molar-refractivity contribution is 0.469. The number of anilines is 1. The molecule has 1 heterocycles. The number of nitrogens with zero attached hydrogens (tertiary/aromatic N) is 3. The maximum absolute atomic E-state index is 13.9. The van der Waals surface area contributed by atoms with E-state index in [0.29, 0.717) is 11.5 Å². The fraction of sp³-hybridized carbons (Fsp3) is 0.167. The Kier molecular flexibility index (Phi) is 3.34. The molecule has 1 aromatic carbocycles. The van der Waals surface area contributed by atoms with Gasteiger partial charge >= 0.3 is 0 Å². The van der Waals surface area contributed by atoms with Crippen molar-refractivity contribution in [1.29, 1.82) is 0 Å². The average Bonchev–Trinajstić information content (AvgIpc) is 2.34. The van der Waals surface area contributed by atoms with Gasteiger partial charge in [-0.2, -0.15) is 0 Å². The van der Waals surface area contributed by atoms with Gasteiger partial charge in [0.2, 0.25) is 0 Å². The van der Waals surface area contributed by atoms with Crippen LogP contribution in [0.1, 0.15) is 0 Å². The summed E-state index contributed by atoms with van der Waals surface area (Å²) in [6.07, 6.45) is 3.00. The Bertz CT molecular complexity index is 590. The van der Waals surface area contributed by atoms with Crippen molar-refractivity contribution in [2.45, 2.75) is 0 Å². The number of aromatic nitrogens is 2. The van der Waals surface area contributed by atoms with Crippen LogP contribution in [-0.4, -0.2) is 29.2 Å². The molecule has 0 aliphatic heterocycles. The third-order valence-electron chi connectivity index (χ3n) is 2.39.